The highest BCUT2D eigenvalue weighted by Gasteiger charge is 2.06. The van der Waals surface area contributed by atoms with E-state index < -0.39 is 6.10 Å². The highest BCUT2D eigenvalue weighted by atomic mass is 35.5. The Hall–Kier alpha value is -1.06. The Morgan fingerprint density at radius 1 is 1.05 bits per heavy atom. The average molecular weight is 310 g/mol. The molecular weight excluding hydrogens is 293 g/mol. The second-order valence-corrected chi connectivity index (χ2v) is 5.46. The fourth-order valence-corrected chi connectivity index (χ4v) is 2.48. The first-order chi connectivity index (χ1) is 9.66. The van der Waals surface area contributed by atoms with Gasteiger partial charge in [0.05, 0.1) is 6.10 Å². The van der Waals surface area contributed by atoms with Gasteiger partial charge < -0.3 is 10.4 Å². The van der Waals surface area contributed by atoms with Crippen molar-refractivity contribution in [1.29, 1.82) is 0 Å². The topological polar surface area (TPSA) is 32.3 Å². The predicted molar refractivity (Wildman–Crippen MR) is 84.4 cm³/mol. The van der Waals surface area contributed by atoms with E-state index in [-0.39, 0.29) is 0 Å². The van der Waals surface area contributed by atoms with E-state index in [1.165, 1.54) is 0 Å². The molecule has 2 N–H and O–H groups in total. The molecule has 106 valence electrons. The molecule has 0 spiro atoms. The molecule has 2 aromatic carbocycles. The van der Waals surface area contributed by atoms with Crippen LogP contribution in [0.4, 0.5) is 0 Å². The van der Waals surface area contributed by atoms with Gasteiger partial charge in [-0.15, -0.1) is 0 Å². The third-order valence-corrected chi connectivity index (χ3v) is 3.70. The minimum atomic E-state index is -0.489. The van der Waals surface area contributed by atoms with Crippen LogP contribution in [0.2, 0.25) is 10.0 Å². The zero-order valence-corrected chi connectivity index (χ0v) is 12.5. The van der Waals surface area contributed by atoms with Gasteiger partial charge in [0.15, 0.2) is 0 Å². The molecule has 0 radical (unpaired) electrons. The van der Waals surface area contributed by atoms with E-state index in [1.807, 2.05) is 42.5 Å². The number of hydrogen-bond donors (Lipinski definition) is 2. The fourth-order valence-electron chi connectivity index (χ4n) is 1.98. The fraction of sp³-hybridized carbons (Fsp3) is 0.250. The van der Waals surface area contributed by atoms with Gasteiger partial charge in [0.1, 0.15) is 0 Å². The summed E-state index contributed by atoms with van der Waals surface area (Å²) >= 11 is 12.0. The molecule has 0 fully saturated rings. The summed E-state index contributed by atoms with van der Waals surface area (Å²) in [6.45, 7) is 1.28. The maximum Gasteiger partial charge on any atom is 0.0914 e. The monoisotopic (exact) mass is 309 g/mol. The molecule has 2 nitrogen and oxygen atoms in total. The predicted octanol–water partition coefficient (Wildman–Crippen LogP) is 3.86. The molecule has 0 aliphatic rings. The first-order valence-electron chi connectivity index (χ1n) is 6.54. The van der Waals surface area contributed by atoms with Crippen molar-refractivity contribution in [3.8, 4) is 0 Å². The quantitative estimate of drug-likeness (QED) is 0.794. The molecule has 1 unspecified atom stereocenters. The molecule has 4 heteroatoms. The maximum absolute atomic E-state index is 10.0. The van der Waals surface area contributed by atoms with Crippen molar-refractivity contribution in [1.82, 2.24) is 5.32 Å². The van der Waals surface area contributed by atoms with Gasteiger partial charge in [-0.2, -0.15) is 0 Å². The zero-order chi connectivity index (χ0) is 14.4. The van der Waals surface area contributed by atoms with Crippen LogP contribution in [-0.4, -0.2) is 18.2 Å². The third-order valence-electron chi connectivity index (χ3n) is 3.11. The molecule has 0 saturated carbocycles. The van der Waals surface area contributed by atoms with Crippen molar-refractivity contribution in [3.63, 3.8) is 0 Å². The third kappa shape index (κ3) is 4.50. The number of halogens is 2. The summed E-state index contributed by atoms with van der Waals surface area (Å²) in [6.07, 6.45) is 0.314. The minimum Gasteiger partial charge on any atom is -0.387 e. The summed E-state index contributed by atoms with van der Waals surface area (Å²) in [5, 5.41) is 14.6. The largest absolute Gasteiger partial charge is 0.387 e. The molecule has 0 amide bonds. The van der Waals surface area contributed by atoms with Crippen LogP contribution in [0.1, 0.15) is 17.2 Å². The van der Waals surface area contributed by atoms with E-state index >= 15 is 0 Å². The smallest absolute Gasteiger partial charge is 0.0914 e. The van der Waals surface area contributed by atoms with Gasteiger partial charge >= 0.3 is 0 Å². The Labute approximate surface area is 129 Å². The molecular formula is C16H17Cl2NO. The summed E-state index contributed by atoms with van der Waals surface area (Å²) in [7, 11) is 0. The van der Waals surface area contributed by atoms with Gasteiger partial charge in [-0.3, -0.25) is 0 Å². The van der Waals surface area contributed by atoms with Crippen LogP contribution >= 0.6 is 23.2 Å². The molecule has 2 rings (SSSR count). The van der Waals surface area contributed by atoms with E-state index in [0.29, 0.717) is 16.6 Å². The minimum absolute atomic E-state index is 0.489. The first-order valence-corrected chi connectivity index (χ1v) is 7.30. The Bertz CT molecular complexity index is 545. The maximum atomic E-state index is 10.0. The molecule has 0 aromatic heterocycles. The zero-order valence-electron chi connectivity index (χ0n) is 11.0. The highest BCUT2D eigenvalue weighted by Crippen LogP contribution is 2.21. The van der Waals surface area contributed by atoms with Gasteiger partial charge in [-0.25, -0.2) is 0 Å². The van der Waals surface area contributed by atoms with E-state index in [4.69, 9.17) is 23.2 Å². The number of benzene rings is 2. The Morgan fingerprint density at radius 2 is 1.80 bits per heavy atom. The van der Waals surface area contributed by atoms with Crippen LogP contribution in [0.25, 0.3) is 0 Å². The summed E-state index contributed by atoms with van der Waals surface area (Å²) in [5.74, 6) is 0. The second kappa shape index (κ2) is 7.65. The van der Waals surface area contributed by atoms with Gasteiger partial charge in [0, 0.05) is 16.6 Å². The number of aliphatic hydroxyl groups excluding tert-OH is 1. The lowest BCUT2D eigenvalue weighted by atomic mass is 10.1. The van der Waals surface area contributed by atoms with Crippen molar-refractivity contribution in [2.75, 3.05) is 13.1 Å². The van der Waals surface area contributed by atoms with Crippen molar-refractivity contribution in [2.24, 2.45) is 0 Å². The first kappa shape index (κ1) is 15.3. The van der Waals surface area contributed by atoms with Crippen LogP contribution < -0.4 is 5.32 Å². The molecule has 0 heterocycles. The van der Waals surface area contributed by atoms with Crippen molar-refractivity contribution < 1.29 is 5.11 Å². The summed E-state index contributed by atoms with van der Waals surface area (Å²) in [5.41, 5.74) is 1.97. The molecule has 20 heavy (non-hydrogen) atoms. The van der Waals surface area contributed by atoms with Crippen LogP contribution in [0, 0.1) is 0 Å². The number of rotatable bonds is 6. The molecule has 1 atom stereocenters. The van der Waals surface area contributed by atoms with Crippen LogP contribution in [0.5, 0.6) is 0 Å². The van der Waals surface area contributed by atoms with Gasteiger partial charge in [-0.05, 0) is 36.2 Å². The van der Waals surface area contributed by atoms with Gasteiger partial charge in [0.2, 0.25) is 0 Å². The van der Waals surface area contributed by atoms with Crippen molar-refractivity contribution in [3.05, 3.63) is 69.7 Å². The van der Waals surface area contributed by atoms with Crippen molar-refractivity contribution in [2.45, 2.75) is 12.5 Å². The van der Waals surface area contributed by atoms with Crippen LogP contribution in [-0.2, 0) is 6.42 Å². The SMILES string of the molecule is OC(CNCCc1ccc(Cl)cc1Cl)c1ccccc1. The Balaban J connectivity index is 1.76. The molecule has 0 aliphatic carbocycles. The molecule has 0 bridgehead atoms. The standard InChI is InChI=1S/C16H17Cl2NO/c17-14-7-6-12(15(18)10-14)8-9-19-11-16(20)13-4-2-1-3-5-13/h1-7,10,16,19-20H,8-9,11H2. The summed E-state index contributed by atoms with van der Waals surface area (Å²) < 4.78 is 0. The summed E-state index contributed by atoms with van der Waals surface area (Å²) in [6, 6.07) is 15.1. The van der Waals surface area contributed by atoms with E-state index in [9.17, 15) is 5.11 Å². The number of aliphatic hydroxyl groups is 1. The van der Waals surface area contributed by atoms with Crippen molar-refractivity contribution >= 4 is 23.2 Å². The lowest BCUT2D eigenvalue weighted by Crippen LogP contribution is -2.23. The van der Waals surface area contributed by atoms with Gasteiger partial charge in [0.25, 0.3) is 0 Å². The normalized spacial score (nSPS) is 12.3. The van der Waals surface area contributed by atoms with Crippen LogP contribution in [0.3, 0.4) is 0 Å². The Kier molecular flexibility index (Phi) is 5.86. The highest BCUT2D eigenvalue weighted by molar-refractivity contribution is 6.35. The van der Waals surface area contributed by atoms with Crippen LogP contribution in [0.15, 0.2) is 48.5 Å². The average Bonchev–Trinajstić information content (AvgIpc) is 2.46. The van der Waals surface area contributed by atoms with Gasteiger partial charge in [-0.1, -0.05) is 59.6 Å². The lowest BCUT2D eigenvalue weighted by molar-refractivity contribution is 0.175. The molecule has 2 aromatic rings. The summed E-state index contributed by atoms with van der Waals surface area (Å²) in [4.78, 5) is 0. The number of hydrogen-bond acceptors (Lipinski definition) is 2. The lowest BCUT2D eigenvalue weighted by Gasteiger charge is -2.12. The molecule has 0 saturated heterocycles. The molecule has 0 aliphatic heterocycles. The Morgan fingerprint density at radius 3 is 2.50 bits per heavy atom. The second-order valence-electron chi connectivity index (χ2n) is 4.62. The van der Waals surface area contributed by atoms with E-state index in [2.05, 4.69) is 5.32 Å². The van der Waals surface area contributed by atoms with E-state index in [0.717, 1.165) is 24.1 Å². The number of nitrogens with one attached hydrogen (secondary N) is 1. The van der Waals surface area contributed by atoms with E-state index in [1.54, 1.807) is 6.07 Å².